The molecule has 1 aliphatic rings. The molecule has 1 aliphatic heterocycles. The fourth-order valence-corrected chi connectivity index (χ4v) is 3.54. The van der Waals surface area contributed by atoms with Crippen molar-refractivity contribution in [1.29, 1.82) is 0 Å². The summed E-state index contributed by atoms with van der Waals surface area (Å²) >= 11 is 0. The predicted molar refractivity (Wildman–Crippen MR) is 103 cm³/mol. The first kappa shape index (κ1) is 15.7. The van der Waals surface area contributed by atoms with Gasteiger partial charge in [-0.2, -0.15) is 0 Å². The van der Waals surface area contributed by atoms with Crippen molar-refractivity contribution in [3.8, 4) is 0 Å². The van der Waals surface area contributed by atoms with Crippen molar-refractivity contribution in [2.45, 2.75) is 6.42 Å². The maximum absolute atomic E-state index is 12.5. The lowest BCUT2D eigenvalue weighted by molar-refractivity contribution is 0.0948. The highest BCUT2D eigenvalue weighted by atomic mass is 16.1. The molecule has 126 valence electrons. The lowest BCUT2D eigenvalue weighted by Crippen LogP contribution is -2.31. The zero-order chi connectivity index (χ0) is 17.1. The van der Waals surface area contributed by atoms with Crippen LogP contribution in [0.5, 0.6) is 0 Å². The van der Waals surface area contributed by atoms with Gasteiger partial charge in [0.05, 0.1) is 0 Å². The molecule has 3 aromatic carbocycles. The Bertz CT molecular complexity index is 875. The van der Waals surface area contributed by atoms with Crippen LogP contribution in [0.15, 0.2) is 72.8 Å². The Morgan fingerprint density at radius 1 is 0.960 bits per heavy atom. The fraction of sp³-hybridized carbons (Fsp3) is 0.227. The number of rotatable bonds is 4. The molecule has 1 amide bonds. The summed E-state index contributed by atoms with van der Waals surface area (Å²) in [6, 6.07) is 24.5. The van der Waals surface area contributed by atoms with Crippen molar-refractivity contribution in [3.63, 3.8) is 0 Å². The molecule has 0 bridgehead atoms. The third-order valence-corrected chi connectivity index (χ3v) is 4.97. The van der Waals surface area contributed by atoms with E-state index < -0.39 is 0 Å². The lowest BCUT2D eigenvalue weighted by atomic mass is 10.1. The summed E-state index contributed by atoms with van der Waals surface area (Å²) in [6.07, 6.45) is 1.12. The second-order valence-electron chi connectivity index (χ2n) is 6.71. The van der Waals surface area contributed by atoms with Gasteiger partial charge in [0.15, 0.2) is 0 Å². The van der Waals surface area contributed by atoms with Crippen LogP contribution in [0.1, 0.15) is 16.8 Å². The van der Waals surface area contributed by atoms with Crippen LogP contribution in [-0.4, -0.2) is 25.5 Å². The molecule has 0 radical (unpaired) electrons. The normalized spacial score (nSPS) is 17.0. The van der Waals surface area contributed by atoms with Gasteiger partial charge >= 0.3 is 0 Å². The number of para-hydroxylation sites is 1. The Morgan fingerprint density at radius 2 is 1.72 bits per heavy atom. The topological polar surface area (TPSA) is 32.3 Å². The van der Waals surface area contributed by atoms with Crippen molar-refractivity contribution >= 4 is 22.4 Å². The van der Waals surface area contributed by atoms with Crippen molar-refractivity contribution < 1.29 is 4.79 Å². The monoisotopic (exact) mass is 330 g/mol. The molecular weight excluding hydrogens is 308 g/mol. The Morgan fingerprint density at radius 3 is 2.56 bits per heavy atom. The summed E-state index contributed by atoms with van der Waals surface area (Å²) in [7, 11) is 0. The molecule has 3 nitrogen and oxygen atoms in total. The second kappa shape index (κ2) is 6.98. The average Bonchev–Trinajstić information content (AvgIpc) is 3.15. The van der Waals surface area contributed by atoms with Crippen LogP contribution in [0, 0.1) is 5.92 Å². The van der Waals surface area contributed by atoms with Crippen LogP contribution in [-0.2, 0) is 0 Å². The average molecular weight is 330 g/mol. The van der Waals surface area contributed by atoms with Gasteiger partial charge in [-0.05, 0) is 47.4 Å². The van der Waals surface area contributed by atoms with Gasteiger partial charge in [-0.1, -0.05) is 48.5 Å². The molecule has 1 fully saturated rings. The van der Waals surface area contributed by atoms with Gasteiger partial charge in [-0.3, -0.25) is 4.79 Å². The molecule has 0 saturated carbocycles. The summed E-state index contributed by atoms with van der Waals surface area (Å²) in [6.45, 7) is 2.79. The number of amides is 1. The number of anilines is 1. The van der Waals surface area contributed by atoms with E-state index in [0.29, 0.717) is 5.92 Å². The maximum atomic E-state index is 12.5. The minimum atomic E-state index is 0.0175. The first-order valence-electron chi connectivity index (χ1n) is 8.86. The van der Waals surface area contributed by atoms with Crippen LogP contribution in [0.4, 0.5) is 5.69 Å². The molecule has 1 heterocycles. The van der Waals surface area contributed by atoms with Gasteiger partial charge in [0.2, 0.25) is 0 Å². The van der Waals surface area contributed by atoms with Crippen molar-refractivity contribution in [2.24, 2.45) is 5.92 Å². The number of nitrogens with zero attached hydrogens (tertiary/aromatic N) is 1. The number of benzene rings is 3. The van der Waals surface area contributed by atoms with Crippen LogP contribution in [0.2, 0.25) is 0 Å². The molecule has 0 aliphatic carbocycles. The van der Waals surface area contributed by atoms with Gasteiger partial charge in [0, 0.05) is 30.9 Å². The van der Waals surface area contributed by atoms with Crippen LogP contribution in [0.3, 0.4) is 0 Å². The molecule has 1 N–H and O–H groups in total. The van der Waals surface area contributed by atoms with E-state index in [0.717, 1.165) is 42.4 Å². The van der Waals surface area contributed by atoms with E-state index >= 15 is 0 Å². The van der Waals surface area contributed by atoms with E-state index in [1.165, 1.54) is 5.69 Å². The first-order chi connectivity index (χ1) is 12.3. The second-order valence-corrected chi connectivity index (χ2v) is 6.71. The molecule has 1 unspecified atom stereocenters. The molecule has 3 heteroatoms. The minimum absolute atomic E-state index is 0.0175. The van der Waals surface area contributed by atoms with E-state index in [9.17, 15) is 4.79 Å². The van der Waals surface area contributed by atoms with Crippen molar-refractivity contribution in [1.82, 2.24) is 5.32 Å². The Kier molecular flexibility index (Phi) is 4.38. The van der Waals surface area contributed by atoms with Crippen molar-refractivity contribution in [3.05, 3.63) is 78.4 Å². The number of hydrogen-bond donors (Lipinski definition) is 1. The molecule has 1 saturated heterocycles. The number of hydrogen-bond acceptors (Lipinski definition) is 2. The number of fused-ring (bicyclic) bond motifs is 1. The van der Waals surface area contributed by atoms with Gasteiger partial charge in [-0.15, -0.1) is 0 Å². The van der Waals surface area contributed by atoms with E-state index in [-0.39, 0.29) is 5.91 Å². The third kappa shape index (κ3) is 3.50. The Hall–Kier alpha value is -2.81. The largest absolute Gasteiger partial charge is 0.371 e. The smallest absolute Gasteiger partial charge is 0.251 e. The van der Waals surface area contributed by atoms with Crippen LogP contribution < -0.4 is 10.2 Å². The molecule has 0 aromatic heterocycles. The molecular formula is C22H22N2O. The number of nitrogens with one attached hydrogen (secondary N) is 1. The molecule has 25 heavy (non-hydrogen) atoms. The summed E-state index contributed by atoms with van der Waals surface area (Å²) in [5, 5.41) is 5.38. The predicted octanol–water partition coefficient (Wildman–Crippen LogP) is 4.10. The zero-order valence-corrected chi connectivity index (χ0v) is 14.2. The summed E-state index contributed by atoms with van der Waals surface area (Å²) in [4.78, 5) is 14.9. The first-order valence-corrected chi connectivity index (χ1v) is 8.86. The minimum Gasteiger partial charge on any atom is -0.371 e. The van der Waals surface area contributed by atoms with Gasteiger partial charge in [0.25, 0.3) is 5.91 Å². The van der Waals surface area contributed by atoms with E-state index in [4.69, 9.17) is 0 Å². The van der Waals surface area contributed by atoms with Crippen LogP contribution in [0.25, 0.3) is 10.8 Å². The van der Waals surface area contributed by atoms with E-state index in [2.05, 4.69) is 40.5 Å². The molecule has 0 spiro atoms. The summed E-state index contributed by atoms with van der Waals surface area (Å²) in [5.41, 5.74) is 2.00. The number of carbonyl (C=O) groups excluding carboxylic acids is 1. The highest BCUT2D eigenvalue weighted by molar-refractivity contribution is 5.98. The Labute approximate surface area is 148 Å². The third-order valence-electron chi connectivity index (χ3n) is 4.97. The summed E-state index contributed by atoms with van der Waals surface area (Å²) < 4.78 is 0. The molecule has 1 atom stereocenters. The van der Waals surface area contributed by atoms with Gasteiger partial charge < -0.3 is 10.2 Å². The van der Waals surface area contributed by atoms with Crippen LogP contribution >= 0.6 is 0 Å². The highest BCUT2D eigenvalue weighted by Crippen LogP contribution is 2.23. The SMILES string of the molecule is O=C(NCC1CCN(c2ccccc2)C1)c1ccc2ccccc2c1. The fourth-order valence-electron chi connectivity index (χ4n) is 3.54. The summed E-state index contributed by atoms with van der Waals surface area (Å²) in [5.74, 6) is 0.522. The Balaban J connectivity index is 1.35. The highest BCUT2D eigenvalue weighted by Gasteiger charge is 2.23. The van der Waals surface area contributed by atoms with Gasteiger partial charge in [0.1, 0.15) is 0 Å². The standard InChI is InChI=1S/C22H22N2O/c25-22(20-11-10-18-6-4-5-7-19(18)14-20)23-15-17-12-13-24(16-17)21-8-2-1-3-9-21/h1-11,14,17H,12-13,15-16H2,(H,23,25). The molecule has 3 aromatic rings. The van der Waals surface area contributed by atoms with E-state index in [1.54, 1.807) is 0 Å². The maximum Gasteiger partial charge on any atom is 0.251 e. The van der Waals surface area contributed by atoms with E-state index in [1.807, 2.05) is 42.5 Å². The lowest BCUT2D eigenvalue weighted by Gasteiger charge is -2.18. The molecule has 4 rings (SSSR count). The van der Waals surface area contributed by atoms with Crippen molar-refractivity contribution in [2.75, 3.05) is 24.5 Å². The zero-order valence-electron chi connectivity index (χ0n) is 14.2. The quantitative estimate of drug-likeness (QED) is 0.781. The van der Waals surface area contributed by atoms with Gasteiger partial charge in [-0.25, -0.2) is 0 Å². The number of carbonyl (C=O) groups is 1.